The summed E-state index contributed by atoms with van der Waals surface area (Å²) < 4.78 is 4.94. The summed E-state index contributed by atoms with van der Waals surface area (Å²) >= 11 is 3.63. The van der Waals surface area contributed by atoms with Crippen molar-refractivity contribution in [3.63, 3.8) is 0 Å². The van der Waals surface area contributed by atoms with E-state index in [1.807, 2.05) is 6.92 Å². The molecule has 0 N–H and O–H groups in total. The second-order valence-corrected chi connectivity index (χ2v) is 7.27. The average Bonchev–Trinajstić information content (AvgIpc) is 2.48. The van der Waals surface area contributed by atoms with Crippen molar-refractivity contribution in [1.82, 2.24) is 0 Å². The van der Waals surface area contributed by atoms with Gasteiger partial charge in [0.1, 0.15) is 0 Å². The number of hydrogen-bond acceptors (Lipinski definition) is 2. The van der Waals surface area contributed by atoms with Crippen LogP contribution in [-0.2, 0) is 9.53 Å². The Kier molecular flexibility index (Phi) is 15.4. The van der Waals surface area contributed by atoms with Crippen LogP contribution in [0.4, 0.5) is 0 Å². The van der Waals surface area contributed by atoms with Crippen molar-refractivity contribution in [2.24, 2.45) is 0 Å². The monoisotopic (exact) mass is 374 g/mol. The Morgan fingerprint density at radius 3 is 2.18 bits per heavy atom. The van der Waals surface area contributed by atoms with Crippen LogP contribution in [0.25, 0.3) is 0 Å². The van der Waals surface area contributed by atoms with Crippen LogP contribution < -0.4 is 0 Å². The van der Waals surface area contributed by atoms with Crippen molar-refractivity contribution in [3.8, 4) is 0 Å². The summed E-state index contributed by atoms with van der Waals surface area (Å²) in [6, 6.07) is 0. The second kappa shape index (κ2) is 15.6. The van der Waals surface area contributed by atoms with E-state index in [0.29, 0.717) is 13.0 Å². The molecule has 0 aliphatic rings. The Balaban J connectivity index is 3.60. The van der Waals surface area contributed by atoms with Crippen molar-refractivity contribution in [1.29, 1.82) is 0 Å². The molecule has 1 atom stereocenters. The third kappa shape index (κ3) is 14.6. The summed E-state index contributed by atoms with van der Waals surface area (Å²) in [5.41, 5.74) is 1.43. The third-order valence-corrected chi connectivity index (χ3v) is 4.54. The Morgan fingerprint density at radius 1 is 1.00 bits per heavy atom. The highest BCUT2D eigenvalue weighted by atomic mass is 79.9. The number of ether oxygens (including phenoxy) is 1. The number of halogens is 1. The molecule has 0 spiro atoms. The van der Waals surface area contributed by atoms with Crippen LogP contribution in [0.1, 0.15) is 91.4 Å². The number of carbonyl (C=O) groups excluding carboxylic acids is 1. The Bertz CT molecular complexity index is 300. The van der Waals surface area contributed by atoms with E-state index < -0.39 is 0 Å². The lowest BCUT2D eigenvalue weighted by atomic mass is 10.0. The Labute approximate surface area is 146 Å². The number of hydrogen-bond donors (Lipinski definition) is 0. The summed E-state index contributed by atoms with van der Waals surface area (Å²) in [5.74, 6) is -0.0962. The van der Waals surface area contributed by atoms with E-state index in [9.17, 15) is 4.79 Å². The van der Waals surface area contributed by atoms with Gasteiger partial charge in [-0.25, -0.2) is 0 Å². The quantitative estimate of drug-likeness (QED) is 0.149. The van der Waals surface area contributed by atoms with Crippen LogP contribution in [0.3, 0.4) is 0 Å². The van der Waals surface area contributed by atoms with E-state index in [1.165, 1.54) is 63.4 Å². The minimum Gasteiger partial charge on any atom is -0.466 e. The van der Waals surface area contributed by atoms with E-state index in [1.54, 1.807) is 0 Å². The minimum absolute atomic E-state index is 0.0962. The van der Waals surface area contributed by atoms with Gasteiger partial charge in [0, 0.05) is 11.2 Å². The topological polar surface area (TPSA) is 26.3 Å². The SMILES string of the molecule is CCCCCCCCCC/C(C)=C/C(Br)CCC(=O)OCC. The van der Waals surface area contributed by atoms with Crippen molar-refractivity contribution >= 4 is 21.9 Å². The lowest BCUT2D eigenvalue weighted by molar-refractivity contribution is -0.143. The number of unbranched alkanes of at least 4 members (excludes halogenated alkanes) is 7. The summed E-state index contributed by atoms with van der Waals surface area (Å²) in [4.78, 5) is 11.6. The summed E-state index contributed by atoms with van der Waals surface area (Å²) in [6.45, 7) is 6.77. The van der Waals surface area contributed by atoms with Gasteiger partial charge in [0.05, 0.1) is 6.61 Å². The van der Waals surface area contributed by atoms with Gasteiger partial charge in [0.2, 0.25) is 0 Å². The largest absolute Gasteiger partial charge is 0.466 e. The predicted octanol–water partition coefficient (Wildman–Crippen LogP) is 6.57. The fourth-order valence-corrected chi connectivity index (χ4v) is 3.18. The lowest BCUT2D eigenvalue weighted by Crippen LogP contribution is -2.06. The van der Waals surface area contributed by atoms with Crippen molar-refractivity contribution in [2.75, 3.05) is 6.61 Å². The van der Waals surface area contributed by atoms with Crippen molar-refractivity contribution in [2.45, 2.75) is 96.2 Å². The van der Waals surface area contributed by atoms with Gasteiger partial charge in [-0.3, -0.25) is 4.79 Å². The summed E-state index contributed by atoms with van der Waals surface area (Å²) in [7, 11) is 0. The first-order valence-corrected chi connectivity index (χ1v) is 9.98. The fraction of sp³-hybridized carbons (Fsp3) is 0.842. The molecule has 0 aromatic rings. The molecule has 2 nitrogen and oxygen atoms in total. The molecule has 0 aliphatic carbocycles. The molecular formula is C19H35BrO2. The molecule has 0 saturated carbocycles. The van der Waals surface area contributed by atoms with E-state index in [0.717, 1.165) is 6.42 Å². The first-order chi connectivity index (χ1) is 10.6. The highest BCUT2D eigenvalue weighted by Crippen LogP contribution is 2.17. The molecule has 0 bridgehead atoms. The highest BCUT2D eigenvalue weighted by molar-refractivity contribution is 9.09. The van der Waals surface area contributed by atoms with Crippen LogP contribution >= 0.6 is 15.9 Å². The van der Waals surface area contributed by atoms with E-state index in [-0.39, 0.29) is 10.8 Å². The average molecular weight is 375 g/mol. The van der Waals surface area contributed by atoms with Gasteiger partial charge in [-0.2, -0.15) is 0 Å². The van der Waals surface area contributed by atoms with Gasteiger partial charge in [-0.1, -0.05) is 79.4 Å². The third-order valence-electron chi connectivity index (χ3n) is 3.82. The molecule has 1 unspecified atom stereocenters. The smallest absolute Gasteiger partial charge is 0.305 e. The van der Waals surface area contributed by atoms with Crippen LogP contribution in [-0.4, -0.2) is 17.4 Å². The number of allylic oxidation sites excluding steroid dienone is 2. The number of esters is 1. The molecule has 0 aromatic heterocycles. The molecule has 0 saturated heterocycles. The molecular weight excluding hydrogens is 340 g/mol. The van der Waals surface area contributed by atoms with Crippen LogP contribution in [0.2, 0.25) is 0 Å². The second-order valence-electron chi connectivity index (χ2n) is 6.10. The molecule has 0 radical (unpaired) electrons. The maximum Gasteiger partial charge on any atom is 0.305 e. The van der Waals surface area contributed by atoms with Crippen LogP contribution in [0.15, 0.2) is 11.6 Å². The van der Waals surface area contributed by atoms with Gasteiger partial charge in [-0.05, 0) is 33.1 Å². The minimum atomic E-state index is -0.0962. The van der Waals surface area contributed by atoms with E-state index in [2.05, 4.69) is 35.9 Å². The van der Waals surface area contributed by atoms with Gasteiger partial charge in [0.25, 0.3) is 0 Å². The van der Waals surface area contributed by atoms with Crippen molar-refractivity contribution < 1.29 is 9.53 Å². The molecule has 0 amide bonds. The van der Waals surface area contributed by atoms with Crippen molar-refractivity contribution in [3.05, 3.63) is 11.6 Å². The maximum absolute atomic E-state index is 11.3. The molecule has 0 aliphatic heterocycles. The van der Waals surface area contributed by atoms with Crippen LogP contribution in [0.5, 0.6) is 0 Å². The number of carbonyl (C=O) groups is 1. The Morgan fingerprint density at radius 2 is 1.59 bits per heavy atom. The van der Waals surface area contributed by atoms with Gasteiger partial charge < -0.3 is 4.74 Å². The van der Waals surface area contributed by atoms with E-state index >= 15 is 0 Å². The maximum atomic E-state index is 11.3. The molecule has 3 heteroatoms. The molecule has 130 valence electrons. The first-order valence-electron chi connectivity index (χ1n) is 9.07. The first kappa shape index (κ1) is 21.7. The molecule has 22 heavy (non-hydrogen) atoms. The fourth-order valence-electron chi connectivity index (χ4n) is 2.50. The van der Waals surface area contributed by atoms with Gasteiger partial charge >= 0.3 is 5.97 Å². The molecule has 0 rings (SSSR count). The summed E-state index contributed by atoms with van der Waals surface area (Å²) in [6.07, 6.45) is 15.6. The standard InChI is InChI=1S/C19H35BrO2/c1-4-6-7-8-9-10-11-12-13-17(3)16-18(20)14-15-19(21)22-5-2/h16,18H,4-15H2,1-3H3/b17-16+. The normalized spacial score (nSPS) is 13.2. The molecule has 0 aromatic carbocycles. The van der Waals surface area contributed by atoms with Gasteiger partial charge in [-0.15, -0.1) is 0 Å². The molecule has 0 fully saturated rings. The Hall–Kier alpha value is -0.310. The highest BCUT2D eigenvalue weighted by Gasteiger charge is 2.07. The number of rotatable bonds is 14. The zero-order valence-corrected chi connectivity index (χ0v) is 16.4. The van der Waals surface area contributed by atoms with Crippen LogP contribution in [0, 0.1) is 0 Å². The zero-order valence-electron chi connectivity index (χ0n) is 14.8. The van der Waals surface area contributed by atoms with E-state index in [4.69, 9.17) is 4.74 Å². The molecule has 0 heterocycles. The zero-order chi connectivity index (χ0) is 16.6. The summed E-state index contributed by atoms with van der Waals surface area (Å²) in [5, 5.41) is 0. The lowest BCUT2D eigenvalue weighted by Gasteiger charge is -2.07. The number of alkyl halides is 1. The van der Waals surface area contributed by atoms with Gasteiger partial charge in [0.15, 0.2) is 0 Å². The predicted molar refractivity (Wildman–Crippen MR) is 99.6 cm³/mol.